The van der Waals surface area contributed by atoms with Gasteiger partial charge in [0.15, 0.2) is 5.76 Å². The number of alkyl carbamates (subject to hydrolysis) is 1. The quantitative estimate of drug-likeness (QED) is 0.836. The highest BCUT2D eigenvalue weighted by Crippen LogP contribution is 2.29. The number of fused-ring (bicyclic) bond motifs is 1. The molecule has 1 aromatic carbocycles. The Labute approximate surface area is 168 Å². The van der Waals surface area contributed by atoms with Gasteiger partial charge in [0.2, 0.25) is 0 Å². The lowest BCUT2D eigenvalue weighted by Gasteiger charge is -2.32. The zero-order chi connectivity index (χ0) is 20.5. The lowest BCUT2D eigenvalue weighted by molar-refractivity contribution is -0.0227. The molecule has 1 aromatic heterocycles. The lowest BCUT2D eigenvalue weighted by atomic mass is 10.1. The van der Waals surface area contributed by atoms with Crippen LogP contribution in [0.5, 0.6) is 0 Å². The van der Waals surface area contributed by atoms with Crippen LogP contribution in [-0.4, -0.2) is 54.8 Å². The molecule has 3 rings (SSSR count). The third kappa shape index (κ3) is 4.77. The Hall–Kier alpha value is -2.25. The molecule has 2 aromatic rings. The topological polar surface area (TPSA) is 81.0 Å². The van der Waals surface area contributed by atoms with E-state index in [1.54, 1.807) is 43.9 Å². The maximum atomic E-state index is 13.0. The summed E-state index contributed by atoms with van der Waals surface area (Å²) in [5.41, 5.74) is 0.820. The maximum absolute atomic E-state index is 13.0. The van der Waals surface area contributed by atoms with Crippen molar-refractivity contribution < 1.29 is 23.5 Å². The van der Waals surface area contributed by atoms with E-state index in [0.717, 1.165) is 10.9 Å². The van der Waals surface area contributed by atoms with Crippen LogP contribution in [0.15, 0.2) is 22.6 Å². The van der Waals surface area contributed by atoms with Crippen LogP contribution < -0.4 is 5.32 Å². The van der Waals surface area contributed by atoms with Gasteiger partial charge in [0, 0.05) is 35.6 Å². The smallest absolute Gasteiger partial charge is 0.407 e. The second-order valence-electron chi connectivity index (χ2n) is 7.82. The molecular weight excluding hydrogens is 384 g/mol. The van der Waals surface area contributed by atoms with E-state index in [-0.39, 0.29) is 18.6 Å². The Balaban J connectivity index is 1.65. The number of benzene rings is 1. The molecule has 1 saturated heterocycles. The fourth-order valence-electron chi connectivity index (χ4n) is 3.08. The molecule has 8 heteroatoms. The molecule has 0 aliphatic carbocycles. The minimum Gasteiger partial charge on any atom is -0.451 e. The molecule has 7 nitrogen and oxygen atoms in total. The molecule has 1 aliphatic rings. The van der Waals surface area contributed by atoms with E-state index in [9.17, 15) is 9.59 Å². The Morgan fingerprint density at radius 2 is 2.11 bits per heavy atom. The number of amides is 2. The predicted molar refractivity (Wildman–Crippen MR) is 106 cm³/mol. The van der Waals surface area contributed by atoms with Crippen LogP contribution in [0, 0.1) is 6.92 Å². The van der Waals surface area contributed by atoms with Crippen molar-refractivity contribution in [2.45, 2.75) is 39.4 Å². The highest BCUT2D eigenvalue weighted by molar-refractivity contribution is 6.31. The maximum Gasteiger partial charge on any atom is 0.407 e. The number of carbonyl (C=O) groups is 2. The van der Waals surface area contributed by atoms with Gasteiger partial charge in [0.05, 0.1) is 12.7 Å². The van der Waals surface area contributed by atoms with E-state index in [2.05, 4.69) is 5.32 Å². The number of halogens is 1. The summed E-state index contributed by atoms with van der Waals surface area (Å²) in [6.45, 7) is 8.69. The highest BCUT2D eigenvalue weighted by atomic mass is 35.5. The molecule has 1 atom stereocenters. The zero-order valence-electron chi connectivity index (χ0n) is 16.5. The first-order valence-electron chi connectivity index (χ1n) is 9.20. The molecule has 0 saturated carbocycles. The Bertz CT molecular complexity index is 887. The monoisotopic (exact) mass is 408 g/mol. The van der Waals surface area contributed by atoms with Crippen LogP contribution in [0.1, 0.15) is 36.9 Å². The van der Waals surface area contributed by atoms with Gasteiger partial charge in [-0.3, -0.25) is 4.79 Å². The Kier molecular flexibility index (Phi) is 5.86. The number of rotatable bonds is 3. The number of nitrogens with zero attached hydrogens (tertiary/aromatic N) is 1. The number of hydrogen-bond acceptors (Lipinski definition) is 5. The fourth-order valence-corrected chi connectivity index (χ4v) is 3.25. The molecule has 2 heterocycles. The van der Waals surface area contributed by atoms with Crippen LogP contribution >= 0.6 is 11.6 Å². The van der Waals surface area contributed by atoms with Crippen LogP contribution in [-0.2, 0) is 9.47 Å². The lowest BCUT2D eigenvalue weighted by Crippen LogP contribution is -2.50. The molecule has 28 heavy (non-hydrogen) atoms. The summed E-state index contributed by atoms with van der Waals surface area (Å²) in [5.74, 6) is 0.105. The number of morpholine rings is 1. The van der Waals surface area contributed by atoms with E-state index in [0.29, 0.717) is 36.1 Å². The van der Waals surface area contributed by atoms with Crippen molar-refractivity contribution in [3.05, 3.63) is 34.5 Å². The van der Waals surface area contributed by atoms with Gasteiger partial charge >= 0.3 is 6.09 Å². The number of furan rings is 1. The number of carbonyl (C=O) groups excluding carboxylic acids is 2. The van der Waals surface area contributed by atoms with Crippen LogP contribution in [0.4, 0.5) is 4.79 Å². The van der Waals surface area contributed by atoms with Gasteiger partial charge in [-0.05, 0) is 45.9 Å². The predicted octanol–water partition coefficient (Wildman–Crippen LogP) is 3.76. The molecular formula is C20H25ClN2O5. The SMILES string of the molecule is Cc1c(C(=O)N2CCOC(CNC(=O)OC(C)(C)C)C2)oc2ccc(Cl)cc12. The van der Waals surface area contributed by atoms with E-state index >= 15 is 0 Å². The summed E-state index contributed by atoms with van der Waals surface area (Å²) < 4.78 is 16.7. The van der Waals surface area contributed by atoms with Crippen molar-refractivity contribution in [3.8, 4) is 0 Å². The van der Waals surface area contributed by atoms with Crippen molar-refractivity contribution >= 4 is 34.6 Å². The first-order chi connectivity index (χ1) is 13.1. The second-order valence-corrected chi connectivity index (χ2v) is 8.26. The summed E-state index contributed by atoms with van der Waals surface area (Å²) in [5, 5.41) is 4.10. The first kappa shape index (κ1) is 20.5. The third-order valence-electron chi connectivity index (χ3n) is 4.39. The third-order valence-corrected chi connectivity index (χ3v) is 4.63. The largest absolute Gasteiger partial charge is 0.451 e. The minimum atomic E-state index is -0.568. The van der Waals surface area contributed by atoms with Gasteiger partial charge in [-0.2, -0.15) is 0 Å². The molecule has 0 bridgehead atoms. The number of nitrogens with one attached hydrogen (secondary N) is 1. The van der Waals surface area contributed by atoms with Gasteiger partial charge < -0.3 is 24.1 Å². The van der Waals surface area contributed by atoms with Crippen molar-refractivity contribution in [1.82, 2.24) is 10.2 Å². The second kappa shape index (κ2) is 8.01. The van der Waals surface area contributed by atoms with Gasteiger partial charge in [0.25, 0.3) is 5.91 Å². The summed E-state index contributed by atoms with van der Waals surface area (Å²) in [7, 11) is 0. The van der Waals surface area contributed by atoms with Crippen LogP contribution in [0.2, 0.25) is 5.02 Å². The van der Waals surface area contributed by atoms with Gasteiger partial charge in [-0.1, -0.05) is 11.6 Å². The molecule has 2 amide bonds. The van der Waals surface area contributed by atoms with Gasteiger partial charge in [-0.25, -0.2) is 4.79 Å². The number of hydrogen-bond donors (Lipinski definition) is 1. The molecule has 152 valence electrons. The Morgan fingerprint density at radius 3 is 2.82 bits per heavy atom. The molecule has 1 N–H and O–H groups in total. The van der Waals surface area contributed by atoms with Crippen molar-refractivity contribution in [3.63, 3.8) is 0 Å². The number of ether oxygens (including phenoxy) is 2. The molecule has 1 fully saturated rings. The molecule has 1 aliphatic heterocycles. The highest BCUT2D eigenvalue weighted by Gasteiger charge is 2.29. The first-order valence-corrected chi connectivity index (χ1v) is 9.58. The molecule has 1 unspecified atom stereocenters. The summed E-state index contributed by atoms with van der Waals surface area (Å²) in [6.07, 6.45) is -0.825. The average molecular weight is 409 g/mol. The van der Waals surface area contributed by atoms with E-state index in [1.165, 1.54) is 0 Å². The van der Waals surface area contributed by atoms with Crippen molar-refractivity contribution in [2.75, 3.05) is 26.2 Å². The van der Waals surface area contributed by atoms with Crippen LogP contribution in [0.3, 0.4) is 0 Å². The van der Waals surface area contributed by atoms with Crippen LogP contribution in [0.25, 0.3) is 11.0 Å². The summed E-state index contributed by atoms with van der Waals surface area (Å²) in [4.78, 5) is 26.5. The minimum absolute atomic E-state index is 0.199. The molecule has 0 radical (unpaired) electrons. The van der Waals surface area contributed by atoms with Gasteiger partial charge in [-0.15, -0.1) is 0 Å². The Morgan fingerprint density at radius 1 is 1.36 bits per heavy atom. The van der Waals surface area contributed by atoms with E-state index in [1.807, 2.05) is 6.92 Å². The zero-order valence-corrected chi connectivity index (χ0v) is 17.3. The van der Waals surface area contributed by atoms with E-state index in [4.69, 9.17) is 25.5 Å². The molecule has 0 spiro atoms. The number of aryl methyl sites for hydroxylation is 1. The standard InChI is InChI=1S/C20H25ClN2O5/c1-12-15-9-13(21)5-6-16(15)27-17(12)18(24)23-7-8-26-14(11-23)10-22-19(25)28-20(2,3)4/h5-6,9,14H,7-8,10-11H2,1-4H3,(H,22,25). The van der Waals surface area contributed by atoms with E-state index < -0.39 is 11.7 Å². The van der Waals surface area contributed by atoms with Crippen molar-refractivity contribution in [1.29, 1.82) is 0 Å². The van der Waals surface area contributed by atoms with Gasteiger partial charge in [0.1, 0.15) is 11.2 Å². The normalized spacial score (nSPS) is 17.6. The summed E-state index contributed by atoms with van der Waals surface area (Å²) in [6, 6.07) is 5.28. The summed E-state index contributed by atoms with van der Waals surface area (Å²) >= 11 is 6.05. The van der Waals surface area contributed by atoms with Crippen molar-refractivity contribution in [2.24, 2.45) is 0 Å². The average Bonchev–Trinajstić information content (AvgIpc) is 2.94. The fraction of sp³-hybridized carbons (Fsp3) is 0.500.